The van der Waals surface area contributed by atoms with E-state index >= 15 is 0 Å². The summed E-state index contributed by atoms with van der Waals surface area (Å²) in [6.07, 6.45) is 2.90. The SMILES string of the molecule is CSCCN(CCC(=O)NCCN)CCC(=O)NCCN. The van der Waals surface area contributed by atoms with Crippen LogP contribution in [0.1, 0.15) is 12.8 Å². The number of carbonyl (C=O) groups excluding carboxylic acids is 2. The molecule has 21 heavy (non-hydrogen) atoms. The van der Waals surface area contributed by atoms with Crippen LogP contribution in [0.4, 0.5) is 0 Å². The molecule has 2 amide bonds. The Kier molecular flexibility index (Phi) is 13.6. The number of hydrogen-bond acceptors (Lipinski definition) is 6. The molecule has 0 aromatic heterocycles. The molecule has 0 bridgehead atoms. The number of hydrogen-bond donors (Lipinski definition) is 4. The molecule has 0 aliphatic heterocycles. The number of thioether (sulfide) groups is 1. The van der Waals surface area contributed by atoms with Crippen molar-refractivity contribution in [3.8, 4) is 0 Å². The van der Waals surface area contributed by atoms with E-state index in [0.29, 0.717) is 52.1 Å². The van der Waals surface area contributed by atoms with Crippen molar-refractivity contribution in [3.63, 3.8) is 0 Å². The Labute approximate surface area is 131 Å². The zero-order valence-corrected chi connectivity index (χ0v) is 13.7. The number of nitrogens with two attached hydrogens (primary N) is 2. The maximum absolute atomic E-state index is 11.6. The van der Waals surface area contributed by atoms with Crippen LogP contribution in [-0.4, -0.2) is 74.5 Å². The Balaban J connectivity index is 4.01. The maximum Gasteiger partial charge on any atom is 0.221 e. The molecule has 0 saturated carbocycles. The van der Waals surface area contributed by atoms with Crippen molar-refractivity contribution in [2.75, 3.05) is 57.8 Å². The number of carbonyl (C=O) groups is 2. The second-order valence-corrected chi connectivity index (χ2v) is 5.60. The first-order valence-electron chi connectivity index (χ1n) is 7.28. The standard InChI is InChI=1S/C13H29N5O2S/c1-21-11-10-18(8-2-12(19)16-6-4-14)9-3-13(20)17-7-5-15/h2-11,14-15H2,1H3,(H,16,19)(H,17,20). The zero-order chi connectivity index (χ0) is 15.9. The molecule has 0 aliphatic carbocycles. The third kappa shape index (κ3) is 12.6. The van der Waals surface area contributed by atoms with Crippen LogP contribution in [0, 0.1) is 0 Å². The van der Waals surface area contributed by atoms with Crippen LogP contribution in [0.5, 0.6) is 0 Å². The lowest BCUT2D eigenvalue weighted by Crippen LogP contribution is -2.37. The molecule has 0 atom stereocenters. The van der Waals surface area contributed by atoms with E-state index in [1.165, 1.54) is 0 Å². The summed E-state index contributed by atoms with van der Waals surface area (Å²) in [5.41, 5.74) is 10.7. The molecule has 8 heteroatoms. The summed E-state index contributed by atoms with van der Waals surface area (Å²) in [6.45, 7) is 4.08. The molecule has 6 N–H and O–H groups in total. The van der Waals surface area contributed by atoms with Crippen LogP contribution in [0.2, 0.25) is 0 Å². The quantitative estimate of drug-likeness (QED) is 0.331. The Morgan fingerprint density at radius 2 is 1.43 bits per heavy atom. The third-order valence-electron chi connectivity index (χ3n) is 2.85. The van der Waals surface area contributed by atoms with Crippen molar-refractivity contribution in [3.05, 3.63) is 0 Å². The van der Waals surface area contributed by atoms with Gasteiger partial charge < -0.3 is 27.0 Å². The average molecular weight is 319 g/mol. The normalized spacial score (nSPS) is 10.7. The van der Waals surface area contributed by atoms with Crippen molar-refractivity contribution in [1.82, 2.24) is 15.5 Å². The highest BCUT2D eigenvalue weighted by molar-refractivity contribution is 7.98. The highest BCUT2D eigenvalue weighted by atomic mass is 32.2. The van der Waals surface area contributed by atoms with Crippen molar-refractivity contribution >= 4 is 23.6 Å². The topological polar surface area (TPSA) is 113 Å². The van der Waals surface area contributed by atoms with Crippen LogP contribution in [0.15, 0.2) is 0 Å². The number of rotatable bonds is 13. The number of nitrogens with zero attached hydrogens (tertiary/aromatic N) is 1. The van der Waals surface area contributed by atoms with Crippen molar-refractivity contribution in [1.29, 1.82) is 0 Å². The summed E-state index contributed by atoms with van der Waals surface area (Å²) in [5.74, 6) is 0.985. The van der Waals surface area contributed by atoms with Gasteiger partial charge >= 0.3 is 0 Å². The van der Waals surface area contributed by atoms with Crippen LogP contribution >= 0.6 is 11.8 Å². The van der Waals surface area contributed by atoms with Gasteiger partial charge in [0.25, 0.3) is 0 Å². The molecule has 0 rings (SSSR count). The molecular weight excluding hydrogens is 290 g/mol. The molecule has 124 valence electrons. The fourth-order valence-corrected chi connectivity index (χ4v) is 2.12. The molecule has 0 saturated heterocycles. The van der Waals surface area contributed by atoms with Gasteiger partial charge in [-0.15, -0.1) is 0 Å². The van der Waals surface area contributed by atoms with Gasteiger partial charge in [0.1, 0.15) is 0 Å². The summed E-state index contributed by atoms with van der Waals surface area (Å²) in [7, 11) is 0. The van der Waals surface area contributed by atoms with E-state index in [2.05, 4.69) is 15.5 Å². The first-order chi connectivity index (χ1) is 10.1. The zero-order valence-electron chi connectivity index (χ0n) is 12.9. The van der Waals surface area contributed by atoms with Gasteiger partial charge in [-0.2, -0.15) is 11.8 Å². The van der Waals surface area contributed by atoms with E-state index in [9.17, 15) is 9.59 Å². The minimum Gasteiger partial charge on any atom is -0.355 e. The molecule has 0 radical (unpaired) electrons. The molecule has 0 heterocycles. The van der Waals surface area contributed by atoms with Crippen LogP contribution in [0.25, 0.3) is 0 Å². The highest BCUT2D eigenvalue weighted by Crippen LogP contribution is 1.99. The predicted molar refractivity (Wildman–Crippen MR) is 88.2 cm³/mol. The lowest BCUT2D eigenvalue weighted by atomic mass is 10.3. The predicted octanol–water partition coefficient (Wildman–Crippen LogP) is -1.42. The smallest absolute Gasteiger partial charge is 0.221 e. The van der Waals surface area contributed by atoms with Crippen molar-refractivity contribution in [2.24, 2.45) is 11.5 Å². The largest absolute Gasteiger partial charge is 0.355 e. The summed E-state index contributed by atoms with van der Waals surface area (Å²) in [5, 5.41) is 5.50. The molecule has 0 aromatic rings. The van der Waals surface area contributed by atoms with Crippen LogP contribution in [0.3, 0.4) is 0 Å². The summed E-state index contributed by atoms with van der Waals surface area (Å²) in [4.78, 5) is 25.3. The molecule has 0 aromatic carbocycles. The van der Waals surface area contributed by atoms with Gasteiger partial charge in [-0.25, -0.2) is 0 Å². The Morgan fingerprint density at radius 3 is 1.81 bits per heavy atom. The van der Waals surface area contributed by atoms with Gasteiger partial charge in [-0.1, -0.05) is 0 Å². The Bertz CT molecular complexity index is 268. The van der Waals surface area contributed by atoms with Crippen LogP contribution in [-0.2, 0) is 9.59 Å². The molecule has 0 aliphatic rings. The minimum absolute atomic E-state index is 0.00202. The minimum atomic E-state index is 0.00202. The lowest BCUT2D eigenvalue weighted by molar-refractivity contribution is -0.121. The summed E-state index contributed by atoms with van der Waals surface area (Å²) in [6, 6.07) is 0. The van der Waals surface area contributed by atoms with Gasteiger partial charge in [0.2, 0.25) is 11.8 Å². The second kappa shape index (κ2) is 14.1. The van der Waals surface area contributed by atoms with Gasteiger partial charge in [-0.3, -0.25) is 9.59 Å². The molecule has 0 unspecified atom stereocenters. The average Bonchev–Trinajstić information content (AvgIpc) is 2.49. The van der Waals surface area contributed by atoms with Gasteiger partial charge in [0, 0.05) is 64.4 Å². The first-order valence-corrected chi connectivity index (χ1v) is 8.68. The molecule has 7 nitrogen and oxygen atoms in total. The lowest BCUT2D eigenvalue weighted by Gasteiger charge is -2.21. The number of amides is 2. The highest BCUT2D eigenvalue weighted by Gasteiger charge is 2.10. The summed E-state index contributed by atoms with van der Waals surface area (Å²) >= 11 is 1.75. The van der Waals surface area contributed by atoms with E-state index in [-0.39, 0.29) is 11.8 Å². The molecule has 0 fully saturated rings. The van der Waals surface area contributed by atoms with E-state index < -0.39 is 0 Å². The summed E-state index contributed by atoms with van der Waals surface area (Å²) < 4.78 is 0. The van der Waals surface area contributed by atoms with E-state index in [0.717, 1.165) is 12.3 Å². The van der Waals surface area contributed by atoms with Gasteiger partial charge in [-0.05, 0) is 6.26 Å². The molecular formula is C13H29N5O2S. The number of nitrogens with one attached hydrogen (secondary N) is 2. The molecule has 0 spiro atoms. The second-order valence-electron chi connectivity index (χ2n) is 4.61. The Morgan fingerprint density at radius 1 is 0.952 bits per heavy atom. The van der Waals surface area contributed by atoms with Gasteiger partial charge in [0.05, 0.1) is 0 Å². The third-order valence-corrected chi connectivity index (χ3v) is 3.45. The first kappa shape index (κ1) is 20.2. The van der Waals surface area contributed by atoms with Crippen LogP contribution < -0.4 is 22.1 Å². The fraction of sp³-hybridized carbons (Fsp3) is 0.846. The fourth-order valence-electron chi connectivity index (χ4n) is 1.68. The van der Waals surface area contributed by atoms with Gasteiger partial charge in [0.15, 0.2) is 0 Å². The van der Waals surface area contributed by atoms with Crippen molar-refractivity contribution < 1.29 is 9.59 Å². The maximum atomic E-state index is 11.6. The Hall–Kier alpha value is -0.830. The van der Waals surface area contributed by atoms with E-state index in [1.807, 2.05) is 6.26 Å². The van der Waals surface area contributed by atoms with Crippen molar-refractivity contribution in [2.45, 2.75) is 12.8 Å². The van der Waals surface area contributed by atoms with E-state index in [1.54, 1.807) is 11.8 Å². The van der Waals surface area contributed by atoms with E-state index in [4.69, 9.17) is 11.5 Å². The monoisotopic (exact) mass is 319 g/mol.